The van der Waals surface area contributed by atoms with Crippen LogP contribution in [0.25, 0.3) is 22.1 Å². The number of anilines is 2. The van der Waals surface area contributed by atoms with Gasteiger partial charge in [-0.2, -0.15) is 10.2 Å². The van der Waals surface area contributed by atoms with Gasteiger partial charge in [0.05, 0.1) is 35.4 Å². The molecule has 4 aromatic rings. The Labute approximate surface area is 297 Å². The lowest BCUT2D eigenvalue weighted by Gasteiger charge is -2.29. The molecule has 0 bridgehead atoms. The summed E-state index contributed by atoms with van der Waals surface area (Å²) in [4.78, 5) is 41.1. The van der Waals surface area contributed by atoms with Gasteiger partial charge in [-0.25, -0.2) is 38.3 Å². The lowest BCUT2D eigenvalue weighted by Crippen LogP contribution is -2.38. The SMILES string of the molecule is BP1(=O)OC[C@H]2O[C@@H](n3nc4c5c(ncnc53)NC(=O)CC4)C(O)C2OP(=O)(S)OC[C@H]2O[C@@H](n3nc4c5c(ncnc53)NC(=O)CC4)C(F)C2O1. The third-order valence-corrected chi connectivity index (χ3v) is 12.2. The van der Waals surface area contributed by atoms with Crippen molar-refractivity contribution in [3.63, 3.8) is 0 Å². The molecule has 0 saturated carbocycles. The van der Waals surface area contributed by atoms with Gasteiger partial charge in [-0.3, -0.25) is 23.2 Å². The van der Waals surface area contributed by atoms with Crippen LogP contribution in [0.4, 0.5) is 16.0 Å². The fourth-order valence-electron chi connectivity index (χ4n) is 6.98. The van der Waals surface area contributed by atoms with Crippen molar-refractivity contribution in [2.45, 2.75) is 74.8 Å². The molecular formula is C26H28BFN10O11P2S. The number of rotatable bonds is 2. The van der Waals surface area contributed by atoms with E-state index < -0.39 is 76.6 Å². The maximum Gasteiger partial charge on any atom is 0.386 e. The Morgan fingerprint density at radius 1 is 0.808 bits per heavy atom. The highest BCUT2D eigenvalue weighted by molar-refractivity contribution is 8.44. The Kier molecular flexibility index (Phi) is 8.30. The van der Waals surface area contributed by atoms with Gasteiger partial charge in [0.1, 0.15) is 54.8 Å². The summed E-state index contributed by atoms with van der Waals surface area (Å²) in [7, 11) is -3.00. The van der Waals surface area contributed by atoms with Crippen LogP contribution in [0.2, 0.25) is 0 Å². The largest absolute Gasteiger partial charge is 0.386 e. The first-order valence-electron chi connectivity index (χ1n) is 16.1. The zero-order valence-corrected chi connectivity index (χ0v) is 29.5. The van der Waals surface area contributed by atoms with E-state index in [1.807, 2.05) is 0 Å². The fourth-order valence-corrected chi connectivity index (χ4v) is 9.65. The van der Waals surface area contributed by atoms with Crippen molar-refractivity contribution in [1.82, 2.24) is 39.5 Å². The van der Waals surface area contributed by atoms with E-state index >= 15 is 4.39 Å². The number of carbonyl (C=O) groups is 2. The van der Waals surface area contributed by atoms with Crippen LogP contribution in [0, 0.1) is 0 Å². The molecule has 3 fully saturated rings. The number of aliphatic hydroxyl groups excluding tert-OH is 1. The number of hydrogen-bond donors (Lipinski definition) is 4. The zero-order valence-electron chi connectivity index (χ0n) is 26.8. The third kappa shape index (κ3) is 5.85. The Hall–Kier alpha value is -3.44. The minimum absolute atomic E-state index is 0.110. The number of aromatic nitrogens is 8. The fraction of sp³-hybridized carbons (Fsp3) is 0.538. The van der Waals surface area contributed by atoms with Crippen LogP contribution in [0.3, 0.4) is 0 Å². The monoisotopic (exact) mass is 780 g/mol. The van der Waals surface area contributed by atoms with Crippen LogP contribution >= 0.6 is 26.5 Å². The summed E-state index contributed by atoms with van der Waals surface area (Å²) in [5.74, 6) is -0.0505. The highest BCUT2D eigenvalue weighted by Crippen LogP contribution is 2.58. The van der Waals surface area contributed by atoms with Crippen molar-refractivity contribution >= 4 is 79.6 Å². The Bertz CT molecular complexity index is 2100. The summed E-state index contributed by atoms with van der Waals surface area (Å²) in [6.45, 7) is -5.55. The first-order chi connectivity index (χ1) is 24.9. The number of alkyl halides is 1. The lowest BCUT2D eigenvalue weighted by atomic mass is 10.1. The zero-order chi connectivity index (χ0) is 36.1. The number of nitrogens with one attached hydrogen (secondary N) is 2. The van der Waals surface area contributed by atoms with E-state index in [0.29, 0.717) is 22.2 Å². The van der Waals surface area contributed by atoms with Crippen molar-refractivity contribution in [3.8, 4) is 0 Å². The molecule has 4 aromatic heterocycles. The normalized spacial score (nSPS) is 36.6. The number of aliphatic hydroxyl groups is 1. The number of amides is 2. The Morgan fingerprint density at radius 3 is 1.96 bits per heavy atom. The average molecular weight is 780 g/mol. The molecule has 3 saturated heterocycles. The highest BCUT2D eigenvalue weighted by atomic mass is 32.7. The number of halogens is 1. The number of hydrogen-bond acceptors (Lipinski definition) is 17. The van der Waals surface area contributed by atoms with E-state index in [-0.39, 0.29) is 60.4 Å². The molecule has 0 aromatic carbocycles. The number of fused-ring (bicyclic) bond motifs is 2. The maximum atomic E-state index is 16.4. The van der Waals surface area contributed by atoms with Gasteiger partial charge in [0.25, 0.3) is 15.0 Å². The maximum absolute atomic E-state index is 16.4. The standard InChI is InChI=1S/C26H28BFN10O11P2S/c27-50(42)44-5-12-20(18(41)26(47-12)38-24-16-10(36-38)2-4-14(40)34-22(16)30-8-32-24)49-51(43,52)45-6-11-19(48-50)17(28)25(46-11)37-23-15-9(35-37)1-3-13(39)33-21(15)29-7-31-23/h7-8,11-12,17-20,25-26,41H,1-6,27H2,(H,43,52)(H,29,31,33,39)(H,30,32,34,40)/t11-,12-,17?,18?,19?,20?,25-,26-,50?,51?/m1/s1. The van der Waals surface area contributed by atoms with E-state index in [2.05, 4.69) is 53.0 Å². The molecule has 9 heterocycles. The molecule has 9 rings (SSSR count). The van der Waals surface area contributed by atoms with Crippen molar-refractivity contribution < 1.29 is 55.8 Å². The minimum atomic E-state index is -4.38. The second-order valence-electron chi connectivity index (χ2n) is 12.8. The summed E-state index contributed by atoms with van der Waals surface area (Å²) in [5.41, 5.74) is 1.31. The number of nitrogens with zero attached hydrogens (tertiary/aromatic N) is 8. The molecule has 2 amide bonds. The van der Waals surface area contributed by atoms with Crippen LogP contribution in [-0.4, -0.2) is 114 Å². The number of ether oxygens (including phenoxy) is 2. The van der Waals surface area contributed by atoms with Gasteiger partial charge < -0.3 is 34.3 Å². The number of carbonyl (C=O) groups excluding carboxylic acids is 2. The first kappa shape index (κ1) is 34.3. The topological polar surface area (TPSA) is 255 Å². The van der Waals surface area contributed by atoms with E-state index in [0.717, 1.165) is 7.57 Å². The van der Waals surface area contributed by atoms with Gasteiger partial charge in [0.2, 0.25) is 11.8 Å². The van der Waals surface area contributed by atoms with Crippen LogP contribution < -0.4 is 10.6 Å². The quantitative estimate of drug-likeness (QED) is 0.123. The summed E-state index contributed by atoms with van der Waals surface area (Å²) < 4.78 is 81.3. The lowest BCUT2D eigenvalue weighted by molar-refractivity contribution is -0.117. The molecule has 3 N–H and O–H groups in total. The summed E-state index contributed by atoms with van der Waals surface area (Å²) in [6, 6.07) is 0. The Balaban J connectivity index is 1.00. The first-order valence-corrected chi connectivity index (χ1v) is 20.8. The number of aryl methyl sites for hydroxylation is 2. The minimum Gasteiger partial charge on any atom is -0.385 e. The van der Waals surface area contributed by atoms with Crippen molar-refractivity contribution in [1.29, 1.82) is 0 Å². The average Bonchev–Trinajstić information content (AvgIpc) is 3.76. The van der Waals surface area contributed by atoms with Gasteiger partial charge in [-0.1, -0.05) is 12.2 Å². The van der Waals surface area contributed by atoms with Crippen molar-refractivity contribution in [2.24, 2.45) is 0 Å². The molecule has 274 valence electrons. The van der Waals surface area contributed by atoms with Gasteiger partial charge in [0, 0.05) is 25.7 Å². The summed E-state index contributed by atoms with van der Waals surface area (Å²) in [5, 5.41) is 26.8. The molecule has 0 spiro atoms. The number of thiol groups is 1. The van der Waals surface area contributed by atoms with E-state index in [9.17, 15) is 23.8 Å². The van der Waals surface area contributed by atoms with Crippen LogP contribution in [0.5, 0.6) is 0 Å². The van der Waals surface area contributed by atoms with Gasteiger partial charge in [-0.15, -0.1) is 0 Å². The molecule has 0 aliphatic carbocycles. The van der Waals surface area contributed by atoms with Crippen LogP contribution in [0.1, 0.15) is 36.7 Å². The second kappa shape index (κ2) is 12.6. The summed E-state index contributed by atoms with van der Waals surface area (Å²) in [6.07, 6.45) is -8.89. The van der Waals surface area contributed by atoms with E-state index in [1.165, 1.54) is 22.0 Å². The molecule has 0 radical (unpaired) electrons. The van der Waals surface area contributed by atoms with Crippen LogP contribution in [-0.2, 0) is 59.1 Å². The molecule has 21 nitrogen and oxygen atoms in total. The molecule has 5 aliphatic heterocycles. The van der Waals surface area contributed by atoms with Gasteiger partial charge in [0.15, 0.2) is 29.9 Å². The van der Waals surface area contributed by atoms with Crippen LogP contribution in [0.15, 0.2) is 12.7 Å². The molecule has 26 heteroatoms. The highest BCUT2D eigenvalue weighted by Gasteiger charge is 2.54. The van der Waals surface area contributed by atoms with Gasteiger partial charge >= 0.3 is 6.80 Å². The second-order valence-corrected chi connectivity index (χ2v) is 17.6. The smallest absolute Gasteiger partial charge is 0.385 e. The van der Waals surface area contributed by atoms with Crippen molar-refractivity contribution in [2.75, 3.05) is 23.8 Å². The Morgan fingerprint density at radius 2 is 1.35 bits per heavy atom. The summed E-state index contributed by atoms with van der Waals surface area (Å²) >= 11 is 4.12. The predicted molar refractivity (Wildman–Crippen MR) is 178 cm³/mol. The van der Waals surface area contributed by atoms with Gasteiger partial charge in [-0.05, 0) is 0 Å². The molecule has 52 heavy (non-hydrogen) atoms. The molecule has 10 atom stereocenters. The van der Waals surface area contributed by atoms with E-state index in [1.54, 1.807) is 0 Å². The third-order valence-electron chi connectivity index (χ3n) is 9.32. The molecule has 6 unspecified atom stereocenters. The van der Waals surface area contributed by atoms with E-state index in [4.69, 9.17) is 27.6 Å². The molecule has 5 aliphatic rings. The molecular weight excluding hydrogens is 752 g/mol. The van der Waals surface area contributed by atoms with Crippen molar-refractivity contribution in [3.05, 3.63) is 24.0 Å². The predicted octanol–water partition coefficient (Wildman–Crippen LogP) is 0.526.